The maximum Gasteiger partial charge on any atom is 0.115 e. The van der Waals surface area contributed by atoms with Gasteiger partial charge in [0.25, 0.3) is 0 Å². The van der Waals surface area contributed by atoms with Crippen molar-refractivity contribution < 1.29 is 5.11 Å². The Morgan fingerprint density at radius 1 is 1.39 bits per heavy atom. The molecule has 0 aromatic heterocycles. The lowest BCUT2D eigenvalue weighted by Gasteiger charge is -2.10. The standard InChI is InChI=1S/C17H20O/c1-5-7-9-15(8-6-2)14(4)17-11-10-16(18)12-13(17)3/h6-12,18H,2,4-5H2,1,3H3/b9-7-,15-8+. The van der Waals surface area contributed by atoms with E-state index in [0.717, 1.165) is 28.7 Å². The SMILES string of the molecule is C=C/C=C(\C=C/CC)C(=C)c1ccc(O)cc1C. The molecule has 1 aromatic rings. The third-order valence-corrected chi connectivity index (χ3v) is 2.71. The van der Waals surface area contributed by atoms with Crippen LogP contribution in [0.4, 0.5) is 0 Å². The highest BCUT2D eigenvalue weighted by atomic mass is 16.3. The van der Waals surface area contributed by atoms with Gasteiger partial charge in [-0.2, -0.15) is 0 Å². The van der Waals surface area contributed by atoms with Crippen LogP contribution in [-0.4, -0.2) is 5.11 Å². The molecule has 18 heavy (non-hydrogen) atoms. The molecule has 0 amide bonds. The van der Waals surface area contributed by atoms with E-state index in [2.05, 4.69) is 32.2 Å². The first-order valence-corrected chi connectivity index (χ1v) is 6.08. The van der Waals surface area contributed by atoms with Crippen LogP contribution in [0.1, 0.15) is 24.5 Å². The molecule has 0 fully saturated rings. The molecule has 0 bridgehead atoms. The van der Waals surface area contributed by atoms with E-state index in [1.165, 1.54) is 0 Å². The van der Waals surface area contributed by atoms with Crippen LogP contribution in [0.15, 0.2) is 61.2 Å². The van der Waals surface area contributed by atoms with Crippen LogP contribution in [0.25, 0.3) is 5.57 Å². The zero-order valence-corrected chi connectivity index (χ0v) is 11.1. The number of phenols is 1. The minimum Gasteiger partial charge on any atom is -0.508 e. The van der Waals surface area contributed by atoms with Crippen molar-refractivity contribution in [2.75, 3.05) is 0 Å². The summed E-state index contributed by atoms with van der Waals surface area (Å²) < 4.78 is 0. The van der Waals surface area contributed by atoms with Crippen molar-refractivity contribution in [2.24, 2.45) is 0 Å². The fourth-order valence-electron chi connectivity index (χ4n) is 1.77. The second kappa shape index (κ2) is 6.65. The van der Waals surface area contributed by atoms with Crippen LogP contribution in [0.3, 0.4) is 0 Å². The number of rotatable bonds is 5. The van der Waals surface area contributed by atoms with Crippen molar-refractivity contribution in [3.8, 4) is 5.75 Å². The Morgan fingerprint density at radius 3 is 2.67 bits per heavy atom. The number of allylic oxidation sites excluding steroid dienone is 6. The van der Waals surface area contributed by atoms with E-state index in [4.69, 9.17) is 0 Å². The van der Waals surface area contributed by atoms with Crippen molar-refractivity contribution >= 4 is 5.57 Å². The van der Waals surface area contributed by atoms with Crippen LogP contribution in [-0.2, 0) is 0 Å². The highest BCUT2D eigenvalue weighted by molar-refractivity contribution is 5.82. The number of aryl methyl sites for hydroxylation is 1. The number of phenolic OH excluding ortho intramolecular Hbond substituents is 1. The van der Waals surface area contributed by atoms with E-state index in [9.17, 15) is 5.11 Å². The van der Waals surface area contributed by atoms with Crippen LogP contribution < -0.4 is 0 Å². The maximum absolute atomic E-state index is 9.43. The lowest BCUT2D eigenvalue weighted by Crippen LogP contribution is -1.90. The monoisotopic (exact) mass is 240 g/mol. The molecule has 0 saturated heterocycles. The molecule has 1 nitrogen and oxygen atoms in total. The maximum atomic E-state index is 9.43. The predicted octanol–water partition coefficient (Wildman–Crippen LogP) is 4.79. The first-order chi connectivity index (χ1) is 8.60. The number of aromatic hydroxyl groups is 1. The van der Waals surface area contributed by atoms with Crippen LogP contribution in [0.2, 0.25) is 0 Å². The molecule has 1 heteroatoms. The summed E-state index contributed by atoms with van der Waals surface area (Å²) in [4.78, 5) is 0. The van der Waals surface area contributed by atoms with Gasteiger partial charge in [0.2, 0.25) is 0 Å². The molecule has 0 radical (unpaired) electrons. The molecule has 1 N–H and O–H groups in total. The molecule has 0 unspecified atom stereocenters. The van der Waals surface area contributed by atoms with Crippen molar-refractivity contribution in [2.45, 2.75) is 20.3 Å². The first-order valence-electron chi connectivity index (χ1n) is 6.08. The molecule has 0 aliphatic rings. The van der Waals surface area contributed by atoms with Crippen molar-refractivity contribution in [1.29, 1.82) is 0 Å². The zero-order valence-electron chi connectivity index (χ0n) is 11.1. The number of hydrogen-bond donors (Lipinski definition) is 1. The molecular weight excluding hydrogens is 220 g/mol. The Morgan fingerprint density at radius 2 is 2.11 bits per heavy atom. The predicted molar refractivity (Wildman–Crippen MR) is 79.6 cm³/mol. The summed E-state index contributed by atoms with van der Waals surface area (Å²) in [5.41, 5.74) is 4.04. The second-order valence-electron chi connectivity index (χ2n) is 4.15. The average Bonchev–Trinajstić information content (AvgIpc) is 2.33. The van der Waals surface area contributed by atoms with E-state index in [1.54, 1.807) is 18.2 Å². The van der Waals surface area contributed by atoms with Crippen LogP contribution in [0.5, 0.6) is 5.75 Å². The van der Waals surface area contributed by atoms with Crippen molar-refractivity contribution in [1.82, 2.24) is 0 Å². The van der Waals surface area contributed by atoms with E-state index >= 15 is 0 Å². The molecule has 0 atom stereocenters. The van der Waals surface area contributed by atoms with Crippen LogP contribution in [0, 0.1) is 6.92 Å². The van der Waals surface area contributed by atoms with Gasteiger partial charge in [0.05, 0.1) is 0 Å². The Hall–Kier alpha value is -2.02. The summed E-state index contributed by atoms with van der Waals surface area (Å²) in [5, 5.41) is 9.43. The second-order valence-corrected chi connectivity index (χ2v) is 4.15. The third kappa shape index (κ3) is 3.49. The Labute approximate surface area is 109 Å². The van der Waals surface area contributed by atoms with E-state index in [0.29, 0.717) is 0 Å². The van der Waals surface area contributed by atoms with Crippen molar-refractivity contribution in [3.63, 3.8) is 0 Å². The number of benzene rings is 1. The highest BCUT2D eigenvalue weighted by Crippen LogP contribution is 2.27. The highest BCUT2D eigenvalue weighted by Gasteiger charge is 2.06. The number of hydrogen-bond acceptors (Lipinski definition) is 1. The summed E-state index contributed by atoms with van der Waals surface area (Å²) >= 11 is 0. The molecular formula is C17H20O. The van der Waals surface area contributed by atoms with Gasteiger partial charge in [0.1, 0.15) is 5.75 Å². The van der Waals surface area contributed by atoms with Gasteiger partial charge in [-0.15, -0.1) is 0 Å². The van der Waals surface area contributed by atoms with Crippen LogP contribution >= 0.6 is 0 Å². The molecule has 0 heterocycles. The van der Waals surface area contributed by atoms with E-state index in [1.807, 2.05) is 19.1 Å². The molecule has 0 spiro atoms. The quantitative estimate of drug-likeness (QED) is 0.733. The molecule has 0 aliphatic carbocycles. The van der Waals surface area contributed by atoms with Crippen molar-refractivity contribution in [3.05, 3.63) is 72.4 Å². The topological polar surface area (TPSA) is 20.2 Å². The Bertz CT molecular complexity index is 504. The third-order valence-electron chi connectivity index (χ3n) is 2.71. The fourth-order valence-corrected chi connectivity index (χ4v) is 1.77. The molecule has 94 valence electrons. The smallest absolute Gasteiger partial charge is 0.115 e. The van der Waals surface area contributed by atoms with E-state index < -0.39 is 0 Å². The lowest BCUT2D eigenvalue weighted by molar-refractivity contribution is 0.475. The summed E-state index contributed by atoms with van der Waals surface area (Å²) in [7, 11) is 0. The summed E-state index contributed by atoms with van der Waals surface area (Å²) in [6.45, 7) is 11.9. The van der Waals surface area contributed by atoms with Gasteiger partial charge in [-0.05, 0) is 47.8 Å². The van der Waals surface area contributed by atoms with E-state index in [-0.39, 0.29) is 5.75 Å². The largest absolute Gasteiger partial charge is 0.508 e. The summed E-state index contributed by atoms with van der Waals surface area (Å²) in [6, 6.07) is 5.32. The Balaban J connectivity index is 3.14. The fraction of sp³-hybridized carbons (Fsp3) is 0.176. The lowest BCUT2D eigenvalue weighted by atomic mass is 9.94. The zero-order chi connectivity index (χ0) is 13.5. The molecule has 1 aromatic carbocycles. The molecule has 1 rings (SSSR count). The van der Waals surface area contributed by atoms with Gasteiger partial charge in [-0.1, -0.05) is 50.5 Å². The van der Waals surface area contributed by atoms with Gasteiger partial charge in [-0.3, -0.25) is 0 Å². The normalized spacial score (nSPS) is 11.8. The van der Waals surface area contributed by atoms with Gasteiger partial charge in [0.15, 0.2) is 0 Å². The molecule has 0 saturated carbocycles. The minimum absolute atomic E-state index is 0.280. The Kier molecular flexibility index (Phi) is 5.19. The van der Waals surface area contributed by atoms with Gasteiger partial charge in [-0.25, -0.2) is 0 Å². The minimum atomic E-state index is 0.280. The van der Waals surface area contributed by atoms with Gasteiger partial charge >= 0.3 is 0 Å². The van der Waals surface area contributed by atoms with Gasteiger partial charge in [0, 0.05) is 0 Å². The first kappa shape index (κ1) is 14.0. The van der Waals surface area contributed by atoms with Gasteiger partial charge < -0.3 is 5.11 Å². The summed E-state index contributed by atoms with van der Waals surface area (Å²) in [6.07, 6.45) is 8.83. The molecule has 0 aliphatic heterocycles. The average molecular weight is 240 g/mol. The summed E-state index contributed by atoms with van der Waals surface area (Å²) in [5.74, 6) is 0.280.